The summed E-state index contributed by atoms with van der Waals surface area (Å²) in [6.07, 6.45) is 8.08. The van der Waals surface area contributed by atoms with Crippen LogP contribution in [0, 0.1) is 11.3 Å². The van der Waals surface area contributed by atoms with Gasteiger partial charge in [0, 0.05) is 11.5 Å². The molecule has 0 bridgehead atoms. The third kappa shape index (κ3) is 4.44. The molecule has 0 aliphatic heterocycles. The molecule has 0 saturated carbocycles. The molecule has 0 saturated heterocycles. The van der Waals surface area contributed by atoms with Gasteiger partial charge in [-0.1, -0.05) is 61.9 Å². The fraction of sp³-hybridized carbons (Fsp3) is 0.429. The van der Waals surface area contributed by atoms with Crippen LogP contribution in [-0.4, -0.2) is 17.9 Å². The molecule has 128 valence electrons. The van der Waals surface area contributed by atoms with Crippen LogP contribution in [-0.2, 0) is 9.53 Å². The quantitative estimate of drug-likeness (QED) is 0.340. The minimum Gasteiger partial charge on any atom is -0.452 e. The summed E-state index contributed by atoms with van der Waals surface area (Å²) in [5, 5.41) is 0. The lowest BCUT2D eigenvalue weighted by Crippen LogP contribution is -2.27. The van der Waals surface area contributed by atoms with Gasteiger partial charge in [0.2, 0.25) is 0 Å². The van der Waals surface area contributed by atoms with Crippen LogP contribution in [0.4, 0.5) is 0 Å². The Morgan fingerprint density at radius 3 is 2.54 bits per heavy atom. The zero-order valence-electron chi connectivity index (χ0n) is 14.9. The zero-order chi connectivity index (χ0) is 17.7. The number of allylic oxidation sites excluding steroid dienone is 3. The van der Waals surface area contributed by atoms with Crippen LogP contribution in [0.2, 0.25) is 0 Å². The smallest absolute Gasteiger partial charge is 0.380 e. The van der Waals surface area contributed by atoms with E-state index in [-0.39, 0.29) is 5.41 Å². The fourth-order valence-electron chi connectivity index (χ4n) is 3.22. The standard InChI is InChI=1S/C21H26O3/c1-15-9-8-14-21(3,4)18(15)13-12-16(2)24-20(23)19(22)17-10-6-5-7-11-17/h5-7,9-13,16,18H,8,14H2,1-4H3/b13-12+. The summed E-state index contributed by atoms with van der Waals surface area (Å²) in [4.78, 5) is 24.0. The van der Waals surface area contributed by atoms with E-state index in [4.69, 9.17) is 4.74 Å². The molecule has 1 aromatic carbocycles. The van der Waals surface area contributed by atoms with Crippen molar-refractivity contribution in [2.75, 3.05) is 0 Å². The third-order valence-corrected chi connectivity index (χ3v) is 4.68. The van der Waals surface area contributed by atoms with Gasteiger partial charge in [0.25, 0.3) is 5.78 Å². The number of hydrogen-bond donors (Lipinski definition) is 0. The van der Waals surface area contributed by atoms with Gasteiger partial charge in [-0.25, -0.2) is 4.79 Å². The van der Waals surface area contributed by atoms with Crippen LogP contribution in [0.1, 0.15) is 50.9 Å². The van der Waals surface area contributed by atoms with E-state index in [1.54, 1.807) is 37.3 Å². The molecule has 1 aromatic rings. The molecule has 0 N–H and O–H groups in total. The maximum absolute atomic E-state index is 12.0. The topological polar surface area (TPSA) is 43.4 Å². The molecule has 0 fully saturated rings. The van der Waals surface area contributed by atoms with Gasteiger partial charge in [0.1, 0.15) is 6.10 Å². The van der Waals surface area contributed by atoms with E-state index in [9.17, 15) is 9.59 Å². The highest BCUT2D eigenvalue weighted by molar-refractivity contribution is 6.40. The summed E-state index contributed by atoms with van der Waals surface area (Å²) < 4.78 is 5.27. The van der Waals surface area contributed by atoms with Gasteiger partial charge < -0.3 is 4.74 Å². The Bertz CT molecular complexity index is 653. The number of benzene rings is 1. The molecule has 2 atom stereocenters. The molecular formula is C21H26O3. The average Bonchev–Trinajstić information content (AvgIpc) is 2.53. The summed E-state index contributed by atoms with van der Waals surface area (Å²) in [6, 6.07) is 8.48. The second-order valence-corrected chi connectivity index (χ2v) is 7.14. The Balaban J connectivity index is 1.98. The number of carbonyl (C=O) groups excluding carboxylic acids is 2. The largest absolute Gasteiger partial charge is 0.452 e. The van der Waals surface area contributed by atoms with Crippen molar-refractivity contribution in [1.29, 1.82) is 0 Å². The van der Waals surface area contributed by atoms with E-state index in [2.05, 4.69) is 32.9 Å². The van der Waals surface area contributed by atoms with Gasteiger partial charge in [-0.15, -0.1) is 0 Å². The number of esters is 1. The number of rotatable bonds is 5. The van der Waals surface area contributed by atoms with Crippen LogP contribution < -0.4 is 0 Å². The second kappa shape index (κ2) is 7.61. The molecule has 0 amide bonds. The van der Waals surface area contributed by atoms with Crippen LogP contribution in [0.15, 0.2) is 54.1 Å². The lowest BCUT2D eigenvalue weighted by Gasteiger charge is -2.36. The number of hydrogen-bond acceptors (Lipinski definition) is 3. The molecule has 0 heterocycles. The minimum absolute atomic E-state index is 0.193. The lowest BCUT2D eigenvalue weighted by atomic mass is 9.68. The predicted octanol–water partition coefficient (Wildman–Crippen LogP) is 4.74. The average molecular weight is 326 g/mol. The summed E-state index contributed by atoms with van der Waals surface area (Å²) in [6.45, 7) is 8.44. The molecule has 3 heteroatoms. The molecule has 2 rings (SSSR count). The third-order valence-electron chi connectivity index (χ3n) is 4.68. The highest BCUT2D eigenvalue weighted by atomic mass is 16.5. The van der Waals surface area contributed by atoms with E-state index in [1.807, 2.05) is 6.08 Å². The first-order valence-corrected chi connectivity index (χ1v) is 8.46. The zero-order valence-corrected chi connectivity index (χ0v) is 14.9. The van der Waals surface area contributed by atoms with E-state index in [1.165, 1.54) is 5.57 Å². The first-order valence-electron chi connectivity index (χ1n) is 8.46. The normalized spacial score (nSPS) is 21.2. The summed E-state index contributed by atoms with van der Waals surface area (Å²) in [5.41, 5.74) is 1.89. The first-order chi connectivity index (χ1) is 11.3. The number of Topliss-reactive ketones (excluding diaryl/α,β-unsaturated/α-hetero) is 1. The van der Waals surface area contributed by atoms with Crippen LogP contribution in [0.3, 0.4) is 0 Å². The molecule has 0 radical (unpaired) electrons. The Morgan fingerprint density at radius 1 is 1.25 bits per heavy atom. The van der Waals surface area contributed by atoms with Crippen molar-refractivity contribution >= 4 is 11.8 Å². The van der Waals surface area contributed by atoms with Gasteiger partial charge in [0.15, 0.2) is 0 Å². The maximum atomic E-state index is 12.0. The van der Waals surface area contributed by atoms with Crippen LogP contribution in [0.25, 0.3) is 0 Å². The van der Waals surface area contributed by atoms with Gasteiger partial charge in [-0.3, -0.25) is 4.79 Å². The molecule has 2 unspecified atom stereocenters. The molecule has 24 heavy (non-hydrogen) atoms. The van der Waals surface area contributed by atoms with Gasteiger partial charge in [0.05, 0.1) is 0 Å². The van der Waals surface area contributed by atoms with Gasteiger partial charge >= 0.3 is 5.97 Å². The number of ketones is 1. The molecule has 1 aliphatic rings. The Kier molecular flexibility index (Phi) is 5.76. The SMILES string of the molecule is CC1=CCCC(C)(C)C1/C=C/C(C)OC(=O)C(=O)c1ccccc1. The van der Waals surface area contributed by atoms with E-state index < -0.39 is 17.9 Å². The molecular weight excluding hydrogens is 300 g/mol. The predicted molar refractivity (Wildman–Crippen MR) is 95.7 cm³/mol. The van der Waals surface area contributed by atoms with Crippen molar-refractivity contribution < 1.29 is 14.3 Å². The lowest BCUT2D eigenvalue weighted by molar-refractivity contribution is -0.140. The molecule has 0 aromatic heterocycles. The molecule has 1 aliphatic carbocycles. The first kappa shape index (κ1) is 18.2. The summed E-state index contributed by atoms with van der Waals surface area (Å²) >= 11 is 0. The van der Waals surface area contributed by atoms with Gasteiger partial charge in [-0.2, -0.15) is 0 Å². The number of carbonyl (C=O) groups is 2. The fourth-order valence-corrected chi connectivity index (χ4v) is 3.22. The molecule has 3 nitrogen and oxygen atoms in total. The Labute approximate surface area is 144 Å². The maximum Gasteiger partial charge on any atom is 0.380 e. The van der Waals surface area contributed by atoms with Crippen molar-refractivity contribution in [3.63, 3.8) is 0 Å². The van der Waals surface area contributed by atoms with E-state index >= 15 is 0 Å². The Hall–Kier alpha value is -2.16. The minimum atomic E-state index is -0.812. The highest BCUT2D eigenvalue weighted by Crippen LogP contribution is 2.41. The van der Waals surface area contributed by atoms with Crippen LogP contribution in [0.5, 0.6) is 0 Å². The summed E-state index contributed by atoms with van der Waals surface area (Å²) in [7, 11) is 0. The van der Waals surface area contributed by atoms with E-state index in [0.29, 0.717) is 11.5 Å². The number of ether oxygens (including phenoxy) is 1. The monoisotopic (exact) mass is 326 g/mol. The van der Waals surface area contributed by atoms with Crippen molar-refractivity contribution in [3.8, 4) is 0 Å². The van der Waals surface area contributed by atoms with Gasteiger partial charge in [-0.05, 0) is 38.2 Å². The highest BCUT2D eigenvalue weighted by Gasteiger charge is 2.31. The van der Waals surface area contributed by atoms with Crippen molar-refractivity contribution in [2.24, 2.45) is 11.3 Å². The van der Waals surface area contributed by atoms with Crippen LogP contribution >= 0.6 is 0 Å². The van der Waals surface area contributed by atoms with Crippen molar-refractivity contribution in [1.82, 2.24) is 0 Å². The van der Waals surface area contributed by atoms with E-state index in [0.717, 1.165) is 12.8 Å². The summed E-state index contributed by atoms with van der Waals surface area (Å²) in [5.74, 6) is -1.09. The second-order valence-electron chi connectivity index (χ2n) is 7.14. The van der Waals surface area contributed by atoms with Crippen molar-refractivity contribution in [2.45, 2.75) is 46.6 Å². The Morgan fingerprint density at radius 2 is 1.92 bits per heavy atom. The van der Waals surface area contributed by atoms with Crippen molar-refractivity contribution in [3.05, 3.63) is 59.7 Å². The molecule has 0 spiro atoms.